The van der Waals surface area contributed by atoms with Gasteiger partial charge in [0.05, 0.1) is 7.11 Å². The first-order valence-corrected chi connectivity index (χ1v) is 7.80. The fourth-order valence-electron chi connectivity index (χ4n) is 3.11. The molecule has 2 atom stereocenters. The third-order valence-electron chi connectivity index (χ3n) is 4.31. The molecule has 1 aromatic heterocycles. The van der Waals surface area contributed by atoms with Crippen molar-refractivity contribution in [1.29, 1.82) is 0 Å². The lowest BCUT2D eigenvalue weighted by Gasteiger charge is -2.45. The van der Waals surface area contributed by atoms with Crippen LogP contribution in [0.15, 0.2) is 54.7 Å². The van der Waals surface area contributed by atoms with E-state index in [9.17, 15) is 4.79 Å². The van der Waals surface area contributed by atoms with Gasteiger partial charge in [-0.1, -0.05) is 29.8 Å². The monoisotopic (exact) mass is 326 g/mol. The van der Waals surface area contributed by atoms with Crippen molar-refractivity contribution in [3.63, 3.8) is 0 Å². The average molecular weight is 327 g/mol. The van der Waals surface area contributed by atoms with Crippen LogP contribution in [-0.2, 0) is 4.79 Å². The highest BCUT2D eigenvalue weighted by Gasteiger charge is 2.48. The molecule has 0 aliphatic carbocycles. The lowest BCUT2D eigenvalue weighted by Crippen LogP contribution is -2.56. The van der Waals surface area contributed by atoms with Crippen molar-refractivity contribution in [2.24, 2.45) is 0 Å². The molecule has 0 radical (unpaired) electrons. The molecule has 1 aliphatic rings. The van der Waals surface area contributed by atoms with Crippen LogP contribution in [0.25, 0.3) is 10.9 Å². The van der Waals surface area contributed by atoms with Crippen LogP contribution in [0, 0.1) is 0 Å². The Morgan fingerprint density at radius 2 is 1.87 bits per heavy atom. The SMILES string of the molecule is COc1ccc(N2[C@@H](c3c[nH]c4ccccc34)C(=O)[C@@H]2Cl)cc1. The fourth-order valence-corrected chi connectivity index (χ4v) is 3.46. The van der Waals surface area contributed by atoms with E-state index in [4.69, 9.17) is 16.3 Å². The molecule has 4 nitrogen and oxygen atoms in total. The Balaban J connectivity index is 1.75. The number of alkyl halides is 1. The van der Waals surface area contributed by atoms with E-state index in [0.717, 1.165) is 27.9 Å². The molecule has 0 bridgehead atoms. The van der Waals surface area contributed by atoms with E-state index < -0.39 is 5.50 Å². The Kier molecular flexibility index (Phi) is 3.27. The Labute approximate surface area is 138 Å². The van der Waals surface area contributed by atoms with E-state index in [1.165, 1.54) is 0 Å². The number of Topliss-reactive ketones (excluding diaryl/α,β-unsaturated/α-hetero) is 1. The summed E-state index contributed by atoms with van der Waals surface area (Å²) in [5, 5.41) is 1.05. The molecule has 0 amide bonds. The second-order valence-electron chi connectivity index (χ2n) is 5.54. The Hall–Kier alpha value is -2.46. The number of para-hydroxylation sites is 1. The van der Waals surface area contributed by atoms with E-state index in [0.29, 0.717) is 0 Å². The molecule has 116 valence electrons. The van der Waals surface area contributed by atoms with E-state index in [-0.39, 0.29) is 11.8 Å². The number of aromatic nitrogens is 1. The average Bonchev–Trinajstić information content (AvgIpc) is 3.02. The van der Waals surface area contributed by atoms with Crippen molar-refractivity contribution in [3.8, 4) is 5.75 Å². The first kappa shape index (κ1) is 14.2. The fraction of sp³-hybridized carbons (Fsp3) is 0.167. The van der Waals surface area contributed by atoms with Crippen LogP contribution in [0.5, 0.6) is 5.75 Å². The molecule has 1 N–H and O–H groups in total. The predicted molar refractivity (Wildman–Crippen MR) is 91.2 cm³/mol. The van der Waals surface area contributed by atoms with Crippen molar-refractivity contribution in [3.05, 3.63) is 60.3 Å². The molecular formula is C18H15ClN2O2. The molecule has 0 unspecified atom stereocenters. The number of methoxy groups -OCH3 is 1. The van der Waals surface area contributed by atoms with Gasteiger partial charge in [0, 0.05) is 28.4 Å². The maximum absolute atomic E-state index is 12.4. The number of benzene rings is 2. The molecular weight excluding hydrogens is 312 g/mol. The van der Waals surface area contributed by atoms with Crippen molar-refractivity contribution >= 4 is 34.0 Å². The van der Waals surface area contributed by atoms with Crippen molar-refractivity contribution in [2.45, 2.75) is 11.5 Å². The summed E-state index contributed by atoms with van der Waals surface area (Å²) < 4.78 is 5.18. The number of rotatable bonds is 3. The summed E-state index contributed by atoms with van der Waals surface area (Å²) in [7, 11) is 1.63. The lowest BCUT2D eigenvalue weighted by atomic mass is 9.91. The zero-order valence-corrected chi connectivity index (χ0v) is 13.2. The molecule has 1 fully saturated rings. The standard InChI is InChI=1S/C18H15ClN2O2/c1-23-12-8-6-11(7-9-12)21-16(17(22)18(21)19)14-10-20-15-5-3-2-4-13(14)15/h2-10,16,18,20H,1H3/t16-,18+/m0/s1. The van der Waals surface area contributed by atoms with Gasteiger partial charge in [0.2, 0.25) is 0 Å². The number of nitrogens with zero attached hydrogens (tertiary/aromatic N) is 1. The number of carbonyl (C=O) groups excluding carboxylic acids is 1. The van der Waals surface area contributed by atoms with Gasteiger partial charge in [-0.3, -0.25) is 4.79 Å². The summed E-state index contributed by atoms with van der Waals surface area (Å²) in [5.41, 5.74) is 2.24. The summed E-state index contributed by atoms with van der Waals surface area (Å²) in [6.07, 6.45) is 1.90. The number of H-pyrrole nitrogens is 1. The number of fused-ring (bicyclic) bond motifs is 1. The minimum Gasteiger partial charge on any atom is -0.497 e. The number of ether oxygens (including phenoxy) is 1. The quantitative estimate of drug-likeness (QED) is 0.587. The van der Waals surface area contributed by atoms with E-state index in [1.807, 2.05) is 59.6 Å². The van der Waals surface area contributed by atoms with Gasteiger partial charge >= 0.3 is 0 Å². The van der Waals surface area contributed by atoms with Gasteiger partial charge in [-0.05, 0) is 30.3 Å². The highest BCUT2D eigenvalue weighted by molar-refractivity contribution is 6.37. The van der Waals surface area contributed by atoms with Crippen molar-refractivity contribution in [1.82, 2.24) is 4.98 Å². The third kappa shape index (κ3) is 2.10. The normalized spacial score (nSPS) is 20.6. The van der Waals surface area contributed by atoms with Crippen LogP contribution in [-0.4, -0.2) is 23.4 Å². The van der Waals surface area contributed by atoms with Crippen molar-refractivity contribution < 1.29 is 9.53 Å². The van der Waals surface area contributed by atoms with E-state index in [2.05, 4.69) is 4.98 Å². The Morgan fingerprint density at radius 1 is 1.13 bits per heavy atom. The second-order valence-corrected chi connectivity index (χ2v) is 5.95. The second kappa shape index (κ2) is 5.32. The third-order valence-corrected chi connectivity index (χ3v) is 4.74. The van der Waals surface area contributed by atoms with Crippen molar-refractivity contribution in [2.75, 3.05) is 12.0 Å². The van der Waals surface area contributed by atoms with Gasteiger partial charge in [-0.25, -0.2) is 0 Å². The molecule has 2 heterocycles. The van der Waals surface area contributed by atoms with Gasteiger partial charge in [-0.15, -0.1) is 0 Å². The lowest BCUT2D eigenvalue weighted by molar-refractivity contribution is -0.124. The summed E-state index contributed by atoms with van der Waals surface area (Å²) in [5.74, 6) is 0.794. The number of hydrogen-bond donors (Lipinski definition) is 1. The summed E-state index contributed by atoms with van der Waals surface area (Å²) >= 11 is 6.27. The number of hydrogen-bond acceptors (Lipinski definition) is 3. The number of nitrogens with one attached hydrogen (secondary N) is 1. The summed E-state index contributed by atoms with van der Waals surface area (Å²) in [4.78, 5) is 17.5. The smallest absolute Gasteiger partial charge is 0.197 e. The van der Waals surface area contributed by atoms with Crippen LogP contribution in [0.4, 0.5) is 5.69 Å². The summed E-state index contributed by atoms with van der Waals surface area (Å²) in [6.45, 7) is 0. The van der Waals surface area contributed by atoms with Crippen LogP contribution < -0.4 is 9.64 Å². The molecule has 4 rings (SSSR count). The highest BCUT2D eigenvalue weighted by Crippen LogP contribution is 2.43. The van der Waals surface area contributed by atoms with Gasteiger partial charge in [0.15, 0.2) is 11.3 Å². The highest BCUT2D eigenvalue weighted by atomic mass is 35.5. The Bertz CT molecular complexity index is 872. The summed E-state index contributed by atoms with van der Waals surface area (Å²) in [6, 6.07) is 15.2. The van der Waals surface area contributed by atoms with Crippen LogP contribution >= 0.6 is 11.6 Å². The number of halogens is 1. The zero-order valence-electron chi connectivity index (χ0n) is 12.5. The molecule has 1 aliphatic heterocycles. The van der Waals surface area contributed by atoms with Gasteiger partial charge < -0.3 is 14.6 Å². The number of anilines is 1. The van der Waals surface area contributed by atoms with Crippen LogP contribution in [0.3, 0.4) is 0 Å². The topological polar surface area (TPSA) is 45.3 Å². The first-order chi connectivity index (χ1) is 11.2. The van der Waals surface area contributed by atoms with Gasteiger partial charge in [0.25, 0.3) is 0 Å². The molecule has 3 aromatic rings. The first-order valence-electron chi connectivity index (χ1n) is 7.37. The molecule has 2 aromatic carbocycles. The molecule has 1 saturated heterocycles. The van der Waals surface area contributed by atoms with E-state index in [1.54, 1.807) is 7.11 Å². The minimum absolute atomic E-state index is 0.0206. The largest absolute Gasteiger partial charge is 0.497 e. The van der Waals surface area contributed by atoms with Gasteiger partial charge in [-0.2, -0.15) is 0 Å². The Morgan fingerprint density at radius 3 is 2.61 bits per heavy atom. The number of ketones is 1. The molecule has 23 heavy (non-hydrogen) atoms. The maximum Gasteiger partial charge on any atom is 0.197 e. The number of carbonyl (C=O) groups is 1. The number of aromatic amines is 1. The van der Waals surface area contributed by atoms with Gasteiger partial charge in [0.1, 0.15) is 11.8 Å². The predicted octanol–water partition coefficient (Wildman–Crippen LogP) is 3.87. The van der Waals surface area contributed by atoms with Crippen LogP contribution in [0.1, 0.15) is 11.6 Å². The van der Waals surface area contributed by atoms with Crippen LogP contribution in [0.2, 0.25) is 0 Å². The maximum atomic E-state index is 12.4. The molecule has 0 saturated carbocycles. The molecule has 5 heteroatoms. The molecule has 0 spiro atoms. The zero-order chi connectivity index (χ0) is 16.0. The van der Waals surface area contributed by atoms with E-state index >= 15 is 0 Å². The minimum atomic E-state index is -0.637.